The molecule has 32 nitrogen and oxygen atoms in total. The monoisotopic (exact) mass is 1460 g/mol. The molecule has 100 heavy (non-hydrogen) atoms. The minimum Gasteiger partial charge on any atom is -0.460 e. The van der Waals surface area contributed by atoms with Gasteiger partial charge in [-0.3, -0.25) is 32.4 Å². The lowest BCUT2D eigenvalue weighted by Crippen LogP contribution is -2.45. The summed E-state index contributed by atoms with van der Waals surface area (Å²) in [6, 6.07) is 17.0. The van der Waals surface area contributed by atoms with Gasteiger partial charge in [-0.25, -0.2) is 55.0 Å². The molecule has 0 amide bonds. The molecule has 544 valence electrons. The van der Waals surface area contributed by atoms with Crippen molar-refractivity contribution in [2.75, 3.05) is 50.4 Å². The van der Waals surface area contributed by atoms with Crippen LogP contribution < -0.4 is 27.4 Å². The number of imidazole rings is 3. The summed E-state index contributed by atoms with van der Waals surface area (Å²) in [6.07, 6.45) is 5.96. The lowest BCUT2D eigenvalue weighted by Gasteiger charge is -2.39. The number of nitrogen functional groups attached to an aromatic ring is 3. The van der Waals surface area contributed by atoms with E-state index in [1.165, 1.54) is 38.6 Å². The molecule has 13 atom stereocenters. The molecule has 0 unspecified atom stereocenters. The van der Waals surface area contributed by atoms with Crippen LogP contribution in [0, 0.1) is 0 Å². The number of nitrogens with two attached hydrogens (primary N) is 3. The number of fused-ring (bicyclic) bond motifs is 3. The van der Waals surface area contributed by atoms with Crippen LogP contribution in [-0.2, 0) is 73.5 Å². The van der Waals surface area contributed by atoms with Gasteiger partial charge in [0.25, 0.3) is 15.0 Å². The Kier molecular flexibility index (Phi) is 24.7. The molecule has 6 aromatic heterocycles. The largest absolute Gasteiger partial charge is 0.460 e. The summed E-state index contributed by atoms with van der Waals surface area (Å²) in [5.41, 5.74) is 22.5. The van der Waals surface area contributed by atoms with Crippen LogP contribution in [0.3, 0.4) is 0 Å². The van der Waals surface area contributed by atoms with Gasteiger partial charge >= 0.3 is 11.9 Å². The Morgan fingerprint density at radius 2 is 0.900 bits per heavy atom. The summed E-state index contributed by atoms with van der Waals surface area (Å²) >= 11 is 0. The first-order chi connectivity index (χ1) is 47.0. The molecule has 11 rings (SSSR count). The molecule has 2 aromatic carbocycles. The number of ether oxygens (including phenoxy) is 5. The zero-order valence-corrected chi connectivity index (χ0v) is 62.7. The van der Waals surface area contributed by atoms with E-state index in [1.807, 2.05) is 65.2 Å². The second kappa shape index (κ2) is 32.0. The first-order valence-electron chi connectivity index (χ1n) is 32.8. The van der Waals surface area contributed by atoms with Crippen molar-refractivity contribution in [3.63, 3.8) is 0 Å². The number of esters is 2. The lowest BCUT2D eigenvalue weighted by atomic mass is 10.2. The average molecular weight is 1460 g/mol. The summed E-state index contributed by atoms with van der Waals surface area (Å²) < 4.78 is 85.1. The van der Waals surface area contributed by atoms with Crippen LogP contribution in [0.5, 0.6) is 0 Å². The third kappa shape index (κ3) is 19.1. The Labute approximate surface area is 582 Å². The Morgan fingerprint density at radius 1 is 0.560 bits per heavy atom. The molecular formula is C64H95N17O15P2Si2. The number of hydrogen-bond acceptors (Lipinski definition) is 27. The van der Waals surface area contributed by atoms with Crippen LogP contribution in [0.1, 0.15) is 104 Å². The minimum absolute atomic E-state index is 0.0238. The molecule has 8 aromatic rings. The number of rotatable bonds is 24. The van der Waals surface area contributed by atoms with Gasteiger partial charge in [-0.05, 0) is 61.2 Å². The smallest absolute Gasteiger partial charge is 0.323 e. The first kappa shape index (κ1) is 77.1. The summed E-state index contributed by atoms with van der Waals surface area (Å²) in [5.74, 6) is -0.223. The second-order valence-electron chi connectivity index (χ2n) is 28.2. The van der Waals surface area contributed by atoms with Gasteiger partial charge in [0.1, 0.15) is 66.9 Å². The highest BCUT2D eigenvalue weighted by Gasteiger charge is 2.48. The molecule has 0 bridgehead atoms. The normalized spacial score (nSPS) is 23.1. The number of carbonyl (C=O) groups excluding carboxylic acids is 2. The molecule has 10 N–H and O–H groups in total. The number of aliphatic hydroxyl groups is 2. The minimum atomic E-state index is -3.38. The van der Waals surface area contributed by atoms with Crippen LogP contribution in [-0.4, -0.2) is 179 Å². The topological polar surface area (TPSA) is 425 Å². The average Bonchev–Trinajstić information content (AvgIpc) is 1.63. The maximum absolute atomic E-state index is 13.3. The van der Waals surface area contributed by atoms with Crippen LogP contribution in [0.15, 0.2) is 98.6 Å². The molecule has 0 aliphatic carbocycles. The summed E-state index contributed by atoms with van der Waals surface area (Å²) in [4.78, 5) is 62.4. The third-order valence-corrected chi connectivity index (χ3v) is 30.2. The van der Waals surface area contributed by atoms with Crippen molar-refractivity contribution in [1.82, 2.24) is 68.7 Å². The summed E-state index contributed by atoms with van der Waals surface area (Å²) in [7, 11) is -10.9. The van der Waals surface area contributed by atoms with E-state index in [4.69, 9.17) is 58.8 Å². The SMILES string of the molecule is CC(C)(C)[Si](C)(C)O[C@@H]1C[C@@H](CO)O[C@H]1n1cnc2c(N)ncnc21.C[C@H](N[P@](C)(=O)OC[C@@H]1C[C@@H](O)[C@H](n2cnc3c(N)ncnc32)O1)C(=O)OCc1ccccc1.C[C@H](N[P@](C)(=O)OC[C@@H]1C[C@@H](O[Si](C)(C)C(C)(C)C)[C@H](n2cnc3c(N)ncnc32)O1)C(=O)OCc1ccccc1. The zero-order valence-electron chi connectivity index (χ0n) is 58.9. The number of nitrogens with one attached hydrogen (secondary N) is 2. The van der Waals surface area contributed by atoms with Crippen molar-refractivity contribution >= 4 is 94.6 Å². The van der Waals surface area contributed by atoms with Crippen molar-refractivity contribution < 1.29 is 70.5 Å². The van der Waals surface area contributed by atoms with E-state index >= 15 is 0 Å². The van der Waals surface area contributed by atoms with Gasteiger partial charge in [-0.15, -0.1) is 0 Å². The predicted molar refractivity (Wildman–Crippen MR) is 379 cm³/mol. The van der Waals surface area contributed by atoms with Gasteiger partial charge in [0.05, 0.1) is 69.3 Å². The number of nitrogens with zero attached hydrogens (tertiary/aromatic N) is 12. The second-order valence-corrected chi connectivity index (χ2v) is 42.1. The lowest BCUT2D eigenvalue weighted by molar-refractivity contribution is -0.147. The van der Waals surface area contributed by atoms with Crippen molar-refractivity contribution in [2.24, 2.45) is 0 Å². The van der Waals surface area contributed by atoms with Crippen LogP contribution in [0.25, 0.3) is 33.5 Å². The Morgan fingerprint density at radius 3 is 1.27 bits per heavy atom. The van der Waals surface area contributed by atoms with Crippen molar-refractivity contribution in [3.8, 4) is 0 Å². The van der Waals surface area contributed by atoms with E-state index in [0.717, 1.165) is 11.1 Å². The van der Waals surface area contributed by atoms with Crippen molar-refractivity contribution in [1.29, 1.82) is 0 Å². The number of carbonyl (C=O) groups is 2. The number of hydrogen-bond donors (Lipinski definition) is 7. The quantitative estimate of drug-likeness (QED) is 0.0170. The number of benzene rings is 2. The summed E-state index contributed by atoms with van der Waals surface area (Å²) in [6.45, 7) is 28.1. The molecule has 9 heterocycles. The fourth-order valence-corrected chi connectivity index (χ4v) is 16.1. The molecule has 3 aliphatic heterocycles. The first-order valence-corrected chi connectivity index (χ1v) is 42.8. The summed E-state index contributed by atoms with van der Waals surface area (Å²) in [5, 5.41) is 25.6. The Balaban J connectivity index is 0.000000180. The fourth-order valence-electron chi connectivity index (χ4n) is 10.8. The van der Waals surface area contributed by atoms with Crippen LogP contribution in [0.4, 0.5) is 17.5 Å². The standard InChI is InChI=1S/C27H41N6O6PSi.C21H27N6O6P.C16H27N5O3Si/c1-18(26(34)36-14-19-11-9-8-10-12-19)32-40(5,35)37-15-20-13-21(39-41(6,7)27(2,3)4)25(38-20)33-17-31-22-23(28)29-16-30-24(22)33;1-13(21(29)31-9-14-6-4-3-5-7-14)26-34(2,30)32-10-15-8-16(28)20(33-15)27-12-25-17-18(22)23-11-24-19(17)27;1-16(2,3)25(4,5)24-11-6-10(7-22)23-15(11)21-9-20-12-13(17)18-8-19-14(12)21/h8-12,16-18,20-21,25H,13-15H2,1-7H3,(H,32,35)(H2,28,29,30);3-7,11-13,15-16,20,28H,8-10H2,1-2H3,(H,26,30)(H2,22,23,24);8-11,15,22H,6-7H2,1-5H3,(H2,17,18,19)/t18-,20-,21+,25+,40+;13-,15-,16+,20+,34+;10-,11+,15+/m000/s1. The Bertz CT molecular complexity index is 4170. The van der Waals surface area contributed by atoms with Crippen molar-refractivity contribution in [2.45, 2.75) is 192 Å². The Hall–Kier alpha value is -7.12. The molecular weight excluding hydrogens is 1360 g/mol. The molecule has 0 spiro atoms. The fraction of sp³-hybridized carbons (Fsp3) is 0.547. The molecule has 0 saturated carbocycles. The number of aromatic nitrogens is 12. The van der Waals surface area contributed by atoms with E-state index in [-0.39, 0.29) is 79.5 Å². The van der Waals surface area contributed by atoms with E-state index in [9.17, 15) is 28.9 Å². The van der Waals surface area contributed by atoms with E-state index in [1.54, 1.807) is 35.6 Å². The maximum Gasteiger partial charge on any atom is 0.323 e. The van der Waals surface area contributed by atoms with Gasteiger partial charge in [0.2, 0.25) is 0 Å². The van der Waals surface area contributed by atoms with E-state index < -0.39 is 92.7 Å². The van der Waals surface area contributed by atoms with Gasteiger partial charge in [-0.2, -0.15) is 0 Å². The third-order valence-electron chi connectivity index (χ3n) is 18.2. The van der Waals surface area contributed by atoms with Gasteiger partial charge in [0, 0.05) is 32.6 Å². The van der Waals surface area contributed by atoms with Crippen molar-refractivity contribution in [3.05, 3.63) is 110 Å². The van der Waals surface area contributed by atoms with Crippen LogP contribution >= 0.6 is 15.0 Å². The highest BCUT2D eigenvalue weighted by atomic mass is 31.2. The predicted octanol–water partition coefficient (Wildman–Crippen LogP) is 8.34. The van der Waals surface area contributed by atoms with E-state index in [0.29, 0.717) is 52.2 Å². The maximum atomic E-state index is 13.3. The molecule has 3 saturated heterocycles. The molecule has 0 radical (unpaired) electrons. The van der Waals surface area contributed by atoms with E-state index in [2.05, 4.69) is 123 Å². The molecule has 3 aliphatic rings. The molecule has 36 heteroatoms. The highest BCUT2D eigenvalue weighted by molar-refractivity contribution is 7.56. The van der Waals surface area contributed by atoms with Gasteiger partial charge in [-0.1, -0.05) is 102 Å². The van der Waals surface area contributed by atoms with Gasteiger partial charge in [0.15, 0.2) is 69.7 Å². The molecule has 3 fully saturated rings. The number of anilines is 3. The number of aliphatic hydroxyl groups excluding tert-OH is 2. The zero-order chi connectivity index (χ0) is 72.7. The van der Waals surface area contributed by atoms with Crippen LogP contribution in [0.2, 0.25) is 36.3 Å². The highest BCUT2D eigenvalue weighted by Crippen LogP contribution is 2.46. The van der Waals surface area contributed by atoms with Gasteiger partial charge < -0.3 is 69.0 Å².